The summed E-state index contributed by atoms with van der Waals surface area (Å²) in [4.78, 5) is 50.1. The molecular weight excluding hydrogens is 384 g/mol. The molecule has 0 N–H and O–H groups in total. The standard InChI is InChI=1S/C24H20O6/c1-4-18-21(26)20(29-23(27)16-9-5-7-14(2)11-16)13-19(25)22(18)30-24(28)17-10-6-8-15(3)12-17/h5-13H,4H2,1-3H3. The van der Waals surface area contributed by atoms with E-state index in [1.807, 2.05) is 26.0 Å². The minimum atomic E-state index is -0.748. The zero-order valence-electron chi connectivity index (χ0n) is 16.9. The number of aryl methyl sites for hydroxylation is 2. The van der Waals surface area contributed by atoms with E-state index in [0.717, 1.165) is 17.2 Å². The number of carbonyl (C=O) groups is 4. The third-order valence-corrected chi connectivity index (χ3v) is 4.52. The average molecular weight is 404 g/mol. The number of Topliss-reactive ketones (excluding diaryl/α,β-unsaturated/α-hetero) is 1. The van der Waals surface area contributed by atoms with Crippen LogP contribution in [-0.4, -0.2) is 23.5 Å². The molecule has 0 saturated heterocycles. The number of hydrogen-bond donors (Lipinski definition) is 0. The van der Waals surface area contributed by atoms with Crippen molar-refractivity contribution in [1.82, 2.24) is 0 Å². The van der Waals surface area contributed by atoms with Gasteiger partial charge < -0.3 is 9.47 Å². The molecule has 0 bridgehead atoms. The van der Waals surface area contributed by atoms with Gasteiger partial charge in [-0.1, -0.05) is 42.3 Å². The molecule has 30 heavy (non-hydrogen) atoms. The minimum Gasteiger partial charge on any atom is -0.419 e. The molecule has 0 unspecified atom stereocenters. The van der Waals surface area contributed by atoms with E-state index in [4.69, 9.17) is 9.47 Å². The highest BCUT2D eigenvalue weighted by Gasteiger charge is 2.33. The third kappa shape index (κ3) is 4.43. The van der Waals surface area contributed by atoms with Gasteiger partial charge in [0.1, 0.15) is 0 Å². The van der Waals surface area contributed by atoms with E-state index in [1.54, 1.807) is 43.3 Å². The largest absolute Gasteiger partial charge is 0.419 e. The second-order valence-corrected chi connectivity index (χ2v) is 6.88. The summed E-state index contributed by atoms with van der Waals surface area (Å²) in [6.07, 6.45) is 1.01. The lowest BCUT2D eigenvalue weighted by atomic mass is 9.97. The number of benzene rings is 2. The first-order valence-electron chi connectivity index (χ1n) is 9.41. The predicted molar refractivity (Wildman–Crippen MR) is 109 cm³/mol. The van der Waals surface area contributed by atoms with E-state index in [1.165, 1.54) is 0 Å². The summed E-state index contributed by atoms with van der Waals surface area (Å²) in [6, 6.07) is 13.4. The quantitative estimate of drug-likeness (QED) is 0.553. The minimum absolute atomic E-state index is 0.0180. The van der Waals surface area contributed by atoms with Crippen LogP contribution >= 0.6 is 0 Å². The first-order chi connectivity index (χ1) is 14.3. The van der Waals surface area contributed by atoms with Crippen molar-refractivity contribution in [1.29, 1.82) is 0 Å². The molecule has 1 aliphatic rings. The van der Waals surface area contributed by atoms with E-state index in [0.29, 0.717) is 0 Å². The monoisotopic (exact) mass is 404 g/mol. The lowest BCUT2D eigenvalue weighted by Crippen LogP contribution is -2.25. The SMILES string of the molecule is CCC1=C(OC(=O)c2cccc(C)c2)C(=O)C=C(OC(=O)c2cccc(C)c2)C1=O. The van der Waals surface area contributed by atoms with Crippen LogP contribution in [0.5, 0.6) is 0 Å². The van der Waals surface area contributed by atoms with Crippen LogP contribution in [0, 0.1) is 13.8 Å². The zero-order chi connectivity index (χ0) is 21.8. The second-order valence-electron chi connectivity index (χ2n) is 6.88. The number of allylic oxidation sites excluding steroid dienone is 2. The Hall–Kier alpha value is -3.80. The maximum Gasteiger partial charge on any atom is 0.343 e. The summed E-state index contributed by atoms with van der Waals surface area (Å²) in [5.74, 6) is -3.59. The molecule has 0 saturated carbocycles. The molecule has 152 valence electrons. The molecule has 3 rings (SSSR count). The van der Waals surface area contributed by atoms with Crippen LogP contribution in [0.2, 0.25) is 0 Å². The Morgan fingerprint density at radius 2 is 1.37 bits per heavy atom. The summed E-state index contributed by atoms with van der Waals surface area (Å²) >= 11 is 0. The molecule has 6 heteroatoms. The van der Waals surface area contributed by atoms with Gasteiger partial charge in [-0.2, -0.15) is 0 Å². The van der Waals surface area contributed by atoms with Crippen LogP contribution in [0.4, 0.5) is 0 Å². The van der Waals surface area contributed by atoms with Crippen molar-refractivity contribution in [2.24, 2.45) is 0 Å². The van der Waals surface area contributed by atoms with Gasteiger partial charge >= 0.3 is 11.9 Å². The summed E-state index contributed by atoms with van der Waals surface area (Å²) < 4.78 is 10.4. The van der Waals surface area contributed by atoms with Gasteiger partial charge in [0.05, 0.1) is 16.7 Å². The molecule has 0 aromatic heterocycles. The van der Waals surface area contributed by atoms with Gasteiger partial charge in [-0.05, 0) is 44.5 Å². The van der Waals surface area contributed by atoms with Gasteiger partial charge in [0.2, 0.25) is 11.6 Å². The molecule has 2 aromatic carbocycles. The molecule has 6 nitrogen and oxygen atoms in total. The van der Waals surface area contributed by atoms with Gasteiger partial charge in [-0.3, -0.25) is 9.59 Å². The van der Waals surface area contributed by atoms with Gasteiger partial charge in [-0.15, -0.1) is 0 Å². The van der Waals surface area contributed by atoms with E-state index >= 15 is 0 Å². The normalized spacial score (nSPS) is 13.8. The van der Waals surface area contributed by atoms with E-state index in [9.17, 15) is 19.2 Å². The fraction of sp³-hybridized carbons (Fsp3) is 0.167. The van der Waals surface area contributed by atoms with Gasteiger partial charge in [0.15, 0.2) is 11.5 Å². The Balaban J connectivity index is 1.82. The lowest BCUT2D eigenvalue weighted by molar-refractivity contribution is -0.119. The van der Waals surface area contributed by atoms with Crippen LogP contribution in [-0.2, 0) is 19.1 Å². The molecule has 0 spiro atoms. The van der Waals surface area contributed by atoms with Crippen LogP contribution in [0.1, 0.15) is 45.2 Å². The fourth-order valence-corrected chi connectivity index (χ4v) is 3.01. The van der Waals surface area contributed by atoms with Crippen LogP contribution in [0.3, 0.4) is 0 Å². The molecule has 0 atom stereocenters. The molecule has 0 heterocycles. The number of esters is 2. The molecule has 0 aliphatic heterocycles. The second kappa shape index (κ2) is 8.69. The average Bonchev–Trinajstić information content (AvgIpc) is 2.71. The number of rotatable bonds is 5. The van der Waals surface area contributed by atoms with Gasteiger partial charge in [-0.25, -0.2) is 9.59 Å². The maximum absolute atomic E-state index is 12.8. The molecule has 0 radical (unpaired) electrons. The van der Waals surface area contributed by atoms with Crippen molar-refractivity contribution < 1.29 is 28.7 Å². The van der Waals surface area contributed by atoms with Gasteiger partial charge in [0.25, 0.3) is 0 Å². The zero-order valence-corrected chi connectivity index (χ0v) is 16.9. The lowest BCUT2D eigenvalue weighted by Gasteiger charge is -2.17. The summed E-state index contributed by atoms with van der Waals surface area (Å²) in [7, 11) is 0. The van der Waals surface area contributed by atoms with Crippen molar-refractivity contribution in [2.75, 3.05) is 0 Å². The smallest absolute Gasteiger partial charge is 0.343 e. The summed E-state index contributed by atoms with van der Waals surface area (Å²) in [6.45, 7) is 5.28. The van der Waals surface area contributed by atoms with Crippen LogP contribution in [0.25, 0.3) is 0 Å². The van der Waals surface area contributed by atoms with Crippen molar-refractivity contribution in [2.45, 2.75) is 27.2 Å². The molecule has 0 amide bonds. The van der Waals surface area contributed by atoms with Crippen molar-refractivity contribution in [3.8, 4) is 0 Å². The highest BCUT2D eigenvalue weighted by atomic mass is 16.5. The Labute approximate surface area is 173 Å². The van der Waals surface area contributed by atoms with Crippen molar-refractivity contribution >= 4 is 23.5 Å². The topological polar surface area (TPSA) is 86.7 Å². The maximum atomic E-state index is 12.8. The van der Waals surface area contributed by atoms with Crippen molar-refractivity contribution in [3.05, 3.63) is 94.0 Å². The predicted octanol–water partition coefficient (Wildman–Crippen LogP) is 4.02. The van der Waals surface area contributed by atoms with E-state index in [-0.39, 0.29) is 28.9 Å². The number of ketones is 2. The molecule has 1 aliphatic carbocycles. The van der Waals surface area contributed by atoms with Crippen molar-refractivity contribution in [3.63, 3.8) is 0 Å². The number of ether oxygens (including phenoxy) is 2. The first-order valence-corrected chi connectivity index (χ1v) is 9.41. The number of hydrogen-bond acceptors (Lipinski definition) is 6. The van der Waals surface area contributed by atoms with Crippen LogP contribution in [0.15, 0.2) is 71.7 Å². The summed E-state index contributed by atoms with van der Waals surface area (Å²) in [5.41, 5.74) is 2.21. The Morgan fingerprint density at radius 3 is 1.87 bits per heavy atom. The first kappa shape index (κ1) is 20.9. The van der Waals surface area contributed by atoms with E-state index < -0.39 is 29.3 Å². The van der Waals surface area contributed by atoms with E-state index in [2.05, 4.69) is 0 Å². The Bertz CT molecular complexity index is 1120. The Morgan fingerprint density at radius 1 is 0.833 bits per heavy atom. The van der Waals surface area contributed by atoms with Crippen LogP contribution < -0.4 is 0 Å². The highest BCUT2D eigenvalue weighted by molar-refractivity contribution is 6.22. The Kier molecular flexibility index (Phi) is 6.06. The number of carbonyl (C=O) groups excluding carboxylic acids is 4. The molecular formula is C24H20O6. The molecule has 2 aromatic rings. The fourth-order valence-electron chi connectivity index (χ4n) is 3.01. The molecule has 0 fully saturated rings. The highest BCUT2D eigenvalue weighted by Crippen LogP contribution is 2.25. The summed E-state index contributed by atoms with van der Waals surface area (Å²) in [5, 5.41) is 0. The third-order valence-electron chi connectivity index (χ3n) is 4.52. The van der Waals surface area contributed by atoms with Gasteiger partial charge in [0, 0.05) is 6.08 Å².